The number of amides is 1. The summed E-state index contributed by atoms with van der Waals surface area (Å²) in [6, 6.07) is 8.69. The molecule has 1 atom stereocenters. The van der Waals surface area contributed by atoms with E-state index in [-0.39, 0.29) is 17.3 Å². The number of nitrogens with one attached hydrogen (secondary N) is 1. The van der Waals surface area contributed by atoms with E-state index in [9.17, 15) is 9.18 Å². The summed E-state index contributed by atoms with van der Waals surface area (Å²) in [7, 11) is 0. The molecule has 1 aliphatic rings. The van der Waals surface area contributed by atoms with Crippen molar-refractivity contribution in [1.29, 1.82) is 0 Å². The number of rotatable bonds is 4. The van der Waals surface area contributed by atoms with Gasteiger partial charge in [0.1, 0.15) is 5.82 Å². The Balaban J connectivity index is 1.86. The topological polar surface area (TPSA) is 72.4 Å². The Labute approximate surface area is 157 Å². The highest BCUT2D eigenvalue weighted by molar-refractivity contribution is 6.02. The molecule has 0 bridgehead atoms. The summed E-state index contributed by atoms with van der Waals surface area (Å²) in [4.78, 5) is 12.0. The molecular formula is C21H23FN4O. The van der Waals surface area contributed by atoms with Crippen LogP contribution in [-0.2, 0) is 0 Å². The summed E-state index contributed by atoms with van der Waals surface area (Å²) in [5.74, 6) is -0.827. The van der Waals surface area contributed by atoms with Crippen molar-refractivity contribution in [2.24, 2.45) is 11.1 Å². The van der Waals surface area contributed by atoms with Crippen molar-refractivity contribution in [1.82, 2.24) is 9.61 Å². The SMILES string of the molecule is CC1(C)CCCC1Nc1c(C(N)=O)cnn2cc(-c3ccccc3F)cc12. The Morgan fingerprint density at radius 1 is 1.37 bits per heavy atom. The van der Waals surface area contributed by atoms with Crippen molar-refractivity contribution in [2.45, 2.75) is 39.2 Å². The van der Waals surface area contributed by atoms with Crippen LogP contribution in [0.5, 0.6) is 0 Å². The highest BCUT2D eigenvalue weighted by Gasteiger charge is 2.35. The van der Waals surface area contributed by atoms with E-state index in [0.717, 1.165) is 19.3 Å². The smallest absolute Gasteiger partial charge is 0.252 e. The van der Waals surface area contributed by atoms with Gasteiger partial charge >= 0.3 is 0 Å². The molecule has 2 aromatic heterocycles. The molecule has 6 heteroatoms. The highest BCUT2D eigenvalue weighted by Crippen LogP contribution is 2.40. The molecule has 1 saturated carbocycles. The lowest BCUT2D eigenvalue weighted by molar-refractivity contribution is 0.100. The number of primary amides is 1. The van der Waals surface area contributed by atoms with Crippen LogP contribution in [0.15, 0.2) is 42.7 Å². The lowest BCUT2D eigenvalue weighted by Gasteiger charge is -2.29. The summed E-state index contributed by atoms with van der Waals surface area (Å²) >= 11 is 0. The fourth-order valence-corrected chi connectivity index (χ4v) is 4.01. The number of nitrogens with zero attached hydrogens (tertiary/aromatic N) is 2. The Bertz CT molecular complexity index is 1020. The number of fused-ring (bicyclic) bond motifs is 1. The second-order valence-corrected chi connectivity index (χ2v) is 7.91. The Kier molecular flexibility index (Phi) is 4.13. The van der Waals surface area contributed by atoms with Crippen LogP contribution in [0.25, 0.3) is 16.6 Å². The van der Waals surface area contributed by atoms with Gasteiger partial charge in [0.2, 0.25) is 0 Å². The average Bonchev–Trinajstić information content (AvgIpc) is 3.18. The number of carbonyl (C=O) groups excluding carboxylic acids is 1. The van der Waals surface area contributed by atoms with Crippen LogP contribution >= 0.6 is 0 Å². The molecule has 1 aromatic carbocycles. The first-order chi connectivity index (χ1) is 12.9. The third-order valence-electron chi connectivity index (χ3n) is 5.66. The Morgan fingerprint density at radius 3 is 2.81 bits per heavy atom. The Morgan fingerprint density at radius 2 is 2.15 bits per heavy atom. The molecule has 1 aliphatic carbocycles. The fraction of sp³-hybridized carbons (Fsp3) is 0.333. The van der Waals surface area contributed by atoms with Crippen molar-refractivity contribution >= 4 is 17.1 Å². The van der Waals surface area contributed by atoms with E-state index < -0.39 is 5.91 Å². The number of halogens is 1. The van der Waals surface area contributed by atoms with Gasteiger partial charge in [0.25, 0.3) is 5.91 Å². The molecule has 4 rings (SSSR count). The van der Waals surface area contributed by atoms with Gasteiger partial charge in [0.15, 0.2) is 0 Å². The second-order valence-electron chi connectivity index (χ2n) is 7.91. The Hall–Kier alpha value is -2.89. The third kappa shape index (κ3) is 3.05. The zero-order valence-corrected chi connectivity index (χ0v) is 15.5. The fourth-order valence-electron chi connectivity index (χ4n) is 4.01. The number of aromatic nitrogens is 2. The van der Waals surface area contributed by atoms with E-state index in [1.807, 2.05) is 6.07 Å². The molecule has 2 heterocycles. The molecule has 1 unspecified atom stereocenters. The van der Waals surface area contributed by atoms with Gasteiger partial charge in [-0.1, -0.05) is 38.5 Å². The van der Waals surface area contributed by atoms with Gasteiger partial charge in [-0.2, -0.15) is 5.10 Å². The number of hydrogen-bond donors (Lipinski definition) is 2. The van der Waals surface area contributed by atoms with Crippen molar-refractivity contribution in [2.75, 3.05) is 5.32 Å². The molecule has 0 aliphatic heterocycles. The summed E-state index contributed by atoms with van der Waals surface area (Å²) in [6.45, 7) is 4.45. The van der Waals surface area contributed by atoms with E-state index in [1.165, 1.54) is 12.3 Å². The second kappa shape index (κ2) is 6.37. The first kappa shape index (κ1) is 17.5. The molecule has 0 radical (unpaired) electrons. The molecule has 1 fully saturated rings. The van der Waals surface area contributed by atoms with Crippen LogP contribution in [0.2, 0.25) is 0 Å². The third-order valence-corrected chi connectivity index (χ3v) is 5.66. The van der Waals surface area contributed by atoms with Crippen LogP contribution in [0.3, 0.4) is 0 Å². The van der Waals surface area contributed by atoms with Gasteiger partial charge < -0.3 is 11.1 Å². The first-order valence-corrected chi connectivity index (χ1v) is 9.19. The van der Waals surface area contributed by atoms with Crippen LogP contribution in [-0.4, -0.2) is 21.6 Å². The van der Waals surface area contributed by atoms with E-state index in [2.05, 4.69) is 24.3 Å². The van der Waals surface area contributed by atoms with E-state index in [0.29, 0.717) is 27.9 Å². The molecular weight excluding hydrogens is 343 g/mol. The predicted octanol–water partition coefficient (Wildman–Crippen LogP) is 4.23. The van der Waals surface area contributed by atoms with Crippen molar-refractivity contribution in [3.8, 4) is 11.1 Å². The monoisotopic (exact) mass is 366 g/mol. The molecule has 27 heavy (non-hydrogen) atoms. The first-order valence-electron chi connectivity index (χ1n) is 9.19. The van der Waals surface area contributed by atoms with E-state index >= 15 is 0 Å². The van der Waals surface area contributed by atoms with Gasteiger partial charge in [-0.15, -0.1) is 0 Å². The maximum atomic E-state index is 14.2. The summed E-state index contributed by atoms with van der Waals surface area (Å²) in [6.07, 6.45) is 6.54. The molecule has 3 aromatic rings. The minimum atomic E-state index is -0.531. The number of hydrogen-bond acceptors (Lipinski definition) is 3. The van der Waals surface area contributed by atoms with Crippen LogP contribution in [0.1, 0.15) is 43.5 Å². The molecule has 0 saturated heterocycles. The van der Waals surface area contributed by atoms with Crippen molar-refractivity contribution < 1.29 is 9.18 Å². The maximum absolute atomic E-state index is 14.2. The number of carbonyl (C=O) groups is 1. The van der Waals surface area contributed by atoms with E-state index in [4.69, 9.17) is 5.73 Å². The molecule has 1 amide bonds. The minimum Gasteiger partial charge on any atom is -0.379 e. The zero-order chi connectivity index (χ0) is 19.2. The molecule has 0 spiro atoms. The van der Waals surface area contributed by atoms with Gasteiger partial charge in [-0.05, 0) is 30.4 Å². The van der Waals surface area contributed by atoms with Gasteiger partial charge in [-0.25, -0.2) is 8.91 Å². The van der Waals surface area contributed by atoms with Crippen LogP contribution in [0.4, 0.5) is 10.1 Å². The lowest BCUT2D eigenvalue weighted by atomic mass is 9.87. The van der Waals surface area contributed by atoms with Gasteiger partial charge in [-0.3, -0.25) is 4.79 Å². The zero-order valence-electron chi connectivity index (χ0n) is 15.5. The minimum absolute atomic E-state index is 0.121. The average molecular weight is 366 g/mol. The summed E-state index contributed by atoms with van der Waals surface area (Å²) in [5.41, 5.74) is 8.66. The normalized spacial score (nSPS) is 18.7. The van der Waals surface area contributed by atoms with Gasteiger partial charge in [0.05, 0.1) is 23.0 Å². The highest BCUT2D eigenvalue weighted by atomic mass is 19.1. The maximum Gasteiger partial charge on any atom is 0.252 e. The lowest BCUT2D eigenvalue weighted by Crippen LogP contribution is -2.32. The predicted molar refractivity (Wildman–Crippen MR) is 104 cm³/mol. The van der Waals surface area contributed by atoms with Crippen molar-refractivity contribution in [3.05, 3.63) is 54.1 Å². The van der Waals surface area contributed by atoms with E-state index in [1.54, 1.807) is 28.9 Å². The summed E-state index contributed by atoms with van der Waals surface area (Å²) < 4.78 is 15.9. The van der Waals surface area contributed by atoms with Crippen molar-refractivity contribution in [3.63, 3.8) is 0 Å². The molecule has 5 nitrogen and oxygen atoms in total. The number of nitrogens with two attached hydrogens (primary N) is 1. The standard InChI is InChI=1S/C21H23FN4O/c1-21(2)9-5-8-18(21)25-19-15(20(23)27)11-24-26-12-13(10-17(19)26)14-6-3-4-7-16(14)22/h3-4,6-7,10-12,18,25H,5,8-9H2,1-2H3,(H2,23,27). The number of benzene rings is 1. The molecule has 3 N–H and O–H groups in total. The van der Waals surface area contributed by atoms with Crippen LogP contribution in [0, 0.1) is 11.2 Å². The quantitative estimate of drug-likeness (QED) is 0.726. The molecule has 140 valence electrons. The summed E-state index contributed by atoms with van der Waals surface area (Å²) in [5, 5.41) is 7.85. The van der Waals surface area contributed by atoms with Gasteiger partial charge in [0, 0.05) is 23.4 Å². The number of anilines is 1. The largest absolute Gasteiger partial charge is 0.379 e. The van der Waals surface area contributed by atoms with Crippen LogP contribution < -0.4 is 11.1 Å².